The number of benzene rings is 2. The lowest BCUT2D eigenvalue weighted by Crippen LogP contribution is -2.23. The third-order valence-corrected chi connectivity index (χ3v) is 5.29. The van der Waals surface area contributed by atoms with Crippen molar-refractivity contribution in [2.45, 2.75) is 0 Å². The predicted octanol–water partition coefficient (Wildman–Crippen LogP) is 4.09. The number of amides is 1. The van der Waals surface area contributed by atoms with E-state index in [9.17, 15) is 14.7 Å². The molecule has 2 aromatic rings. The van der Waals surface area contributed by atoms with E-state index in [-0.39, 0.29) is 17.2 Å². The first-order valence-electron chi connectivity index (χ1n) is 7.43. The molecule has 1 saturated heterocycles. The fourth-order valence-corrected chi connectivity index (χ4v) is 3.62. The van der Waals surface area contributed by atoms with Crippen LogP contribution in [0.25, 0.3) is 6.08 Å². The van der Waals surface area contributed by atoms with Crippen LogP contribution in [0.3, 0.4) is 0 Å². The van der Waals surface area contributed by atoms with Crippen molar-refractivity contribution in [3.05, 3.63) is 63.0 Å². The van der Waals surface area contributed by atoms with Gasteiger partial charge in [0, 0.05) is 7.05 Å². The van der Waals surface area contributed by atoms with Crippen LogP contribution in [0.5, 0.6) is 5.75 Å². The number of carboxylic acid groups (broad SMARTS) is 1. The van der Waals surface area contributed by atoms with E-state index in [0.717, 1.165) is 5.56 Å². The number of thioether (sulfide) groups is 1. The van der Waals surface area contributed by atoms with Gasteiger partial charge in [0.15, 0.2) is 5.17 Å². The van der Waals surface area contributed by atoms with Crippen LogP contribution in [0.2, 0.25) is 0 Å². The highest BCUT2D eigenvalue weighted by Crippen LogP contribution is 2.34. The van der Waals surface area contributed by atoms with Crippen molar-refractivity contribution < 1.29 is 19.8 Å². The van der Waals surface area contributed by atoms with Crippen LogP contribution >= 0.6 is 27.7 Å². The molecule has 8 heteroatoms. The molecule has 1 aliphatic rings. The highest BCUT2D eigenvalue weighted by Gasteiger charge is 2.30. The third-order valence-electron chi connectivity index (χ3n) is 3.59. The number of hydrogen-bond acceptors (Lipinski definition) is 5. The Morgan fingerprint density at radius 2 is 2.04 bits per heavy atom. The number of amidine groups is 1. The highest BCUT2D eigenvalue weighted by molar-refractivity contribution is 9.10. The maximum atomic E-state index is 12.4. The van der Waals surface area contributed by atoms with Crippen molar-refractivity contribution in [1.82, 2.24) is 4.90 Å². The molecule has 26 heavy (non-hydrogen) atoms. The fourth-order valence-electron chi connectivity index (χ4n) is 2.23. The lowest BCUT2D eigenvalue weighted by Gasteiger charge is -2.07. The van der Waals surface area contributed by atoms with Gasteiger partial charge in [-0.2, -0.15) is 0 Å². The normalized spacial score (nSPS) is 17.3. The molecular formula is C18H13BrN2O4S. The molecule has 2 aromatic carbocycles. The predicted molar refractivity (Wildman–Crippen MR) is 105 cm³/mol. The maximum absolute atomic E-state index is 12.4. The van der Waals surface area contributed by atoms with Gasteiger partial charge in [0.25, 0.3) is 5.91 Å². The molecule has 0 aliphatic carbocycles. The molecule has 1 amide bonds. The zero-order chi connectivity index (χ0) is 18.8. The molecule has 6 nitrogen and oxygen atoms in total. The van der Waals surface area contributed by atoms with Gasteiger partial charge in [-0.05, 0) is 69.7 Å². The van der Waals surface area contributed by atoms with Crippen molar-refractivity contribution in [2.24, 2.45) is 4.99 Å². The third kappa shape index (κ3) is 3.81. The minimum atomic E-state index is -1.03. The zero-order valence-electron chi connectivity index (χ0n) is 13.5. The van der Waals surface area contributed by atoms with Crippen molar-refractivity contribution in [2.75, 3.05) is 7.05 Å². The molecule has 1 aliphatic heterocycles. The number of phenolic OH excluding ortho intramolecular Hbond substituents is 1. The van der Waals surface area contributed by atoms with Gasteiger partial charge in [-0.1, -0.05) is 12.1 Å². The van der Waals surface area contributed by atoms with Gasteiger partial charge in [-0.15, -0.1) is 0 Å². The molecule has 1 fully saturated rings. The van der Waals surface area contributed by atoms with Crippen LogP contribution in [-0.4, -0.2) is 39.2 Å². The minimum Gasteiger partial charge on any atom is -0.507 e. The van der Waals surface area contributed by atoms with Crippen LogP contribution in [0.1, 0.15) is 15.9 Å². The number of carbonyl (C=O) groups is 2. The number of aromatic hydroxyl groups is 1. The number of carboxylic acids is 1. The molecule has 0 bridgehead atoms. The Labute approximate surface area is 162 Å². The van der Waals surface area contributed by atoms with Gasteiger partial charge in [0.05, 0.1) is 20.6 Å². The topological polar surface area (TPSA) is 90.2 Å². The number of aromatic carboxylic acids is 1. The summed E-state index contributed by atoms with van der Waals surface area (Å²) in [4.78, 5) is 29.8. The van der Waals surface area contributed by atoms with E-state index >= 15 is 0 Å². The van der Waals surface area contributed by atoms with E-state index < -0.39 is 5.97 Å². The van der Waals surface area contributed by atoms with Crippen LogP contribution in [0, 0.1) is 0 Å². The van der Waals surface area contributed by atoms with Gasteiger partial charge in [0.1, 0.15) is 5.75 Å². The Morgan fingerprint density at radius 3 is 2.73 bits per heavy atom. The molecule has 0 spiro atoms. The molecule has 0 unspecified atom stereocenters. The second-order valence-electron chi connectivity index (χ2n) is 5.44. The molecule has 2 N–H and O–H groups in total. The molecule has 0 atom stereocenters. The summed E-state index contributed by atoms with van der Waals surface area (Å²) in [6.45, 7) is 0. The van der Waals surface area contributed by atoms with E-state index in [1.165, 1.54) is 34.9 Å². The first kappa shape index (κ1) is 18.2. The van der Waals surface area contributed by atoms with E-state index in [4.69, 9.17) is 5.11 Å². The average molecular weight is 433 g/mol. The zero-order valence-corrected chi connectivity index (χ0v) is 15.9. The summed E-state index contributed by atoms with van der Waals surface area (Å²) in [6, 6.07) is 11.2. The Balaban J connectivity index is 1.91. The summed E-state index contributed by atoms with van der Waals surface area (Å²) in [5.74, 6) is -1.11. The highest BCUT2D eigenvalue weighted by atomic mass is 79.9. The van der Waals surface area contributed by atoms with Gasteiger partial charge < -0.3 is 10.2 Å². The van der Waals surface area contributed by atoms with Crippen molar-refractivity contribution in [3.63, 3.8) is 0 Å². The van der Waals surface area contributed by atoms with Gasteiger partial charge in [0.2, 0.25) is 0 Å². The van der Waals surface area contributed by atoms with E-state index in [0.29, 0.717) is 20.2 Å². The van der Waals surface area contributed by atoms with Crippen LogP contribution in [-0.2, 0) is 4.79 Å². The van der Waals surface area contributed by atoms with Gasteiger partial charge >= 0.3 is 5.97 Å². The Kier molecular flexibility index (Phi) is 5.15. The summed E-state index contributed by atoms with van der Waals surface area (Å²) < 4.78 is 0.537. The van der Waals surface area contributed by atoms with Crippen LogP contribution in [0.15, 0.2) is 56.8 Å². The smallest absolute Gasteiger partial charge is 0.335 e. The standard InChI is InChI=1S/C18H13BrN2O4S/c1-21-16(23)15(8-10-5-6-14(22)13(19)7-10)26-18(21)20-12-4-2-3-11(9-12)17(24)25/h2-9,22H,1H3,(H,24,25)/b15-8+,20-18?. The average Bonchev–Trinajstić information content (AvgIpc) is 2.86. The van der Waals surface area contributed by atoms with E-state index in [2.05, 4.69) is 20.9 Å². The number of carbonyl (C=O) groups excluding carboxylic acids is 1. The summed E-state index contributed by atoms with van der Waals surface area (Å²) in [6.07, 6.45) is 1.71. The summed E-state index contributed by atoms with van der Waals surface area (Å²) in [7, 11) is 1.61. The number of phenols is 1. The number of aliphatic imine (C=N–C) groups is 1. The Morgan fingerprint density at radius 1 is 1.27 bits per heavy atom. The molecule has 3 rings (SSSR count). The minimum absolute atomic E-state index is 0.121. The summed E-state index contributed by atoms with van der Waals surface area (Å²) >= 11 is 4.45. The fraction of sp³-hybridized carbons (Fsp3) is 0.0556. The van der Waals surface area contributed by atoms with Crippen molar-refractivity contribution >= 4 is 56.5 Å². The first-order chi connectivity index (χ1) is 12.3. The number of hydrogen-bond donors (Lipinski definition) is 2. The molecule has 0 aromatic heterocycles. The SMILES string of the molecule is CN1C(=O)/C(=C\c2ccc(O)c(Br)c2)SC1=Nc1cccc(C(=O)O)c1. The lowest BCUT2D eigenvalue weighted by molar-refractivity contribution is -0.121. The lowest BCUT2D eigenvalue weighted by atomic mass is 10.2. The molecule has 132 valence electrons. The second-order valence-corrected chi connectivity index (χ2v) is 7.30. The van der Waals surface area contributed by atoms with Gasteiger partial charge in [-0.3, -0.25) is 9.69 Å². The summed E-state index contributed by atoms with van der Waals surface area (Å²) in [5.41, 5.74) is 1.35. The molecule has 1 heterocycles. The molecular weight excluding hydrogens is 420 g/mol. The molecule has 0 radical (unpaired) electrons. The van der Waals surface area contributed by atoms with Crippen molar-refractivity contribution in [3.8, 4) is 5.75 Å². The van der Waals surface area contributed by atoms with E-state index in [1.807, 2.05) is 0 Å². The monoisotopic (exact) mass is 432 g/mol. The second kappa shape index (κ2) is 7.35. The number of halogens is 1. The van der Waals surface area contributed by atoms with Crippen LogP contribution in [0.4, 0.5) is 5.69 Å². The number of nitrogens with zero attached hydrogens (tertiary/aromatic N) is 2. The van der Waals surface area contributed by atoms with E-state index in [1.54, 1.807) is 37.4 Å². The Bertz CT molecular complexity index is 971. The maximum Gasteiger partial charge on any atom is 0.335 e. The largest absolute Gasteiger partial charge is 0.507 e. The quantitative estimate of drug-likeness (QED) is 0.712. The van der Waals surface area contributed by atoms with Crippen molar-refractivity contribution in [1.29, 1.82) is 0 Å². The van der Waals surface area contributed by atoms with Gasteiger partial charge in [-0.25, -0.2) is 9.79 Å². The number of rotatable bonds is 3. The summed E-state index contributed by atoms with van der Waals surface area (Å²) in [5, 5.41) is 19.1. The first-order valence-corrected chi connectivity index (χ1v) is 9.04. The number of likely N-dealkylation sites (N-methyl/N-ethyl adjacent to an activating group) is 1. The molecule has 0 saturated carbocycles. The Hall–Kier alpha value is -2.58. The van der Waals surface area contributed by atoms with Crippen LogP contribution < -0.4 is 0 Å².